The van der Waals surface area contributed by atoms with Crippen LogP contribution in [0.1, 0.15) is 16.7 Å². The van der Waals surface area contributed by atoms with Crippen molar-refractivity contribution in [3.05, 3.63) is 64.2 Å². The minimum atomic E-state index is 0.334. The van der Waals surface area contributed by atoms with Crippen molar-refractivity contribution in [1.29, 1.82) is 0 Å². The molecule has 19 heavy (non-hydrogen) atoms. The first-order chi connectivity index (χ1) is 9.15. The molecule has 0 saturated heterocycles. The summed E-state index contributed by atoms with van der Waals surface area (Å²) < 4.78 is 0. The number of nitrogens with two attached hydrogens (primary N) is 1. The highest BCUT2D eigenvalue weighted by Gasteiger charge is 2.19. The Morgan fingerprint density at radius 3 is 2.26 bits per heavy atom. The van der Waals surface area contributed by atoms with E-state index in [0.717, 1.165) is 24.3 Å². The molecule has 1 heterocycles. The highest BCUT2D eigenvalue weighted by molar-refractivity contribution is 7.80. The van der Waals surface area contributed by atoms with Crippen LogP contribution in [0.3, 0.4) is 0 Å². The van der Waals surface area contributed by atoms with E-state index in [1.807, 2.05) is 18.2 Å². The Labute approximate surface area is 122 Å². The summed E-state index contributed by atoms with van der Waals surface area (Å²) >= 11 is 11.2. The molecule has 0 radical (unpaired) electrons. The third kappa shape index (κ3) is 2.31. The van der Waals surface area contributed by atoms with Crippen molar-refractivity contribution in [2.75, 3.05) is 4.90 Å². The molecule has 1 aliphatic heterocycles. The number of benzene rings is 2. The predicted molar refractivity (Wildman–Crippen MR) is 83.7 cm³/mol. The van der Waals surface area contributed by atoms with Gasteiger partial charge in [0.1, 0.15) is 4.99 Å². The molecule has 1 aliphatic rings. The summed E-state index contributed by atoms with van der Waals surface area (Å²) in [5, 5.41) is 0.612. The van der Waals surface area contributed by atoms with Crippen molar-refractivity contribution in [3.8, 4) is 0 Å². The van der Waals surface area contributed by atoms with Crippen LogP contribution >= 0.6 is 23.8 Å². The monoisotopic (exact) mass is 288 g/mol. The number of anilines is 1. The molecular formula is C15H13ClN2S. The smallest absolute Gasteiger partial charge is 0.105 e. The number of halogens is 1. The van der Waals surface area contributed by atoms with Crippen LogP contribution in [0.5, 0.6) is 0 Å². The van der Waals surface area contributed by atoms with Crippen molar-refractivity contribution in [2.24, 2.45) is 5.73 Å². The number of nitrogens with zero attached hydrogens (tertiary/aromatic N) is 1. The van der Waals surface area contributed by atoms with Gasteiger partial charge in [0.05, 0.1) is 5.02 Å². The third-order valence-electron chi connectivity index (χ3n) is 3.42. The Bertz CT molecular complexity index is 629. The Balaban J connectivity index is 1.90. The summed E-state index contributed by atoms with van der Waals surface area (Å²) in [5.41, 5.74) is 10.2. The lowest BCUT2D eigenvalue weighted by Crippen LogP contribution is -2.15. The first-order valence-electron chi connectivity index (χ1n) is 6.06. The van der Waals surface area contributed by atoms with Crippen molar-refractivity contribution >= 4 is 34.5 Å². The maximum absolute atomic E-state index is 6.22. The molecule has 0 atom stereocenters. The molecule has 2 aromatic carbocycles. The van der Waals surface area contributed by atoms with E-state index in [9.17, 15) is 0 Å². The Morgan fingerprint density at radius 2 is 1.74 bits per heavy atom. The molecule has 3 rings (SSSR count). The largest absolute Gasteiger partial charge is 0.389 e. The summed E-state index contributed by atoms with van der Waals surface area (Å²) in [6.07, 6.45) is 0. The minimum Gasteiger partial charge on any atom is -0.389 e. The normalized spacial score (nSPS) is 13.4. The van der Waals surface area contributed by atoms with Gasteiger partial charge in [-0.3, -0.25) is 0 Å². The van der Waals surface area contributed by atoms with Crippen LogP contribution in [0.4, 0.5) is 5.69 Å². The second-order valence-electron chi connectivity index (χ2n) is 4.65. The first-order valence-corrected chi connectivity index (χ1v) is 6.85. The SMILES string of the molecule is NC(=S)c1ccc(N2Cc3ccccc3C2)cc1Cl. The molecule has 96 valence electrons. The number of hydrogen-bond donors (Lipinski definition) is 1. The fraction of sp³-hybridized carbons (Fsp3) is 0.133. The van der Waals surface area contributed by atoms with E-state index in [4.69, 9.17) is 29.6 Å². The number of fused-ring (bicyclic) bond motifs is 1. The van der Waals surface area contributed by atoms with Gasteiger partial charge in [0.15, 0.2) is 0 Å². The molecule has 0 saturated carbocycles. The molecule has 0 unspecified atom stereocenters. The zero-order chi connectivity index (χ0) is 13.4. The van der Waals surface area contributed by atoms with Crippen LogP contribution < -0.4 is 10.6 Å². The van der Waals surface area contributed by atoms with Gasteiger partial charge in [0, 0.05) is 24.3 Å². The van der Waals surface area contributed by atoms with E-state index in [1.54, 1.807) is 0 Å². The molecule has 0 aromatic heterocycles. The van der Waals surface area contributed by atoms with E-state index in [2.05, 4.69) is 29.2 Å². The van der Waals surface area contributed by atoms with Crippen LogP contribution in [0.25, 0.3) is 0 Å². The van der Waals surface area contributed by atoms with Gasteiger partial charge in [-0.2, -0.15) is 0 Å². The molecule has 0 aliphatic carbocycles. The van der Waals surface area contributed by atoms with Crippen LogP contribution in [0, 0.1) is 0 Å². The Morgan fingerprint density at radius 1 is 1.11 bits per heavy atom. The lowest BCUT2D eigenvalue weighted by Gasteiger charge is -2.18. The summed E-state index contributed by atoms with van der Waals surface area (Å²) in [5.74, 6) is 0. The summed E-state index contributed by atoms with van der Waals surface area (Å²) in [6, 6.07) is 14.3. The molecular weight excluding hydrogens is 276 g/mol. The van der Waals surface area contributed by atoms with Gasteiger partial charge in [-0.15, -0.1) is 0 Å². The Kier molecular flexibility index (Phi) is 3.17. The van der Waals surface area contributed by atoms with Crippen LogP contribution in [-0.2, 0) is 13.1 Å². The van der Waals surface area contributed by atoms with E-state index in [0.29, 0.717) is 10.0 Å². The maximum Gasteiger partial charge on any atom is 0.105 e. The van der Waals surface area contributed by atoms with Gasteiger partial charge in [0.2, 0.25) is 0 Å². The minimum absolute atomic E-state index is 0.334. The fourth-order valence-corrected chi connectivity index (χ4v) is 2.93. The highest BCUT2D eigenvalue weighted by Crippen LogP contribution is 2.30. The zero-order valence-corrected chi connectivity index (χ0v) is 11.8. The molecule has 0 amide bonds. The average Bonchev–Trinajstić information content (AvgIpc) is 2.81. The molecule has 4 heteroatoms. The topological polar surface area (TPSA) is 29.3 Å². The number of thiocarbonyl (C=S) groups is 1. The average molecular weight is 289 g/mol. The first kappa shape index (κ1) is 12.5. The lowest BCUT2D eigenvalue weighted by molar-refractivity contribution is 0.880. The summed E-state index contributed by atoms with van der Waals surface area (Å²) in [6.45, 7) is 1.83. The van der Waals surface area contributed by atoms with Crippen molar-refractivity contribution in [3.63, 3.8) is 0 Å². The second-order valence-corrected chi connectivity index (χ2v) is 5.50. The van der Waals surface area contributed by atoms with Gasteiger partial charge in [-0.05, 0) is 29.3 Å². The predicted octanol–water partition coefficient (Wildman–Crippen LogP) is 3.49. The number of rotatable bonds is 2. The summed E-state index contributed by atoms with van der Waals surface area (Å²) in [4.78, 5) is 2.63. The molecule has 0 fully saturated rings. The quantitative estimate of drug-likeness (QED) is 0.858. The molecule has 2 N–H and O–H groups in total. The van der Waals surface area contributed by atoms with Gasteiger partial charge < -0.3 is 10.6 Å². The van der Waals surface area contributed by atoms with Crippen molar-refractivity contribution in [2.45, 2.75) is 13.1 Å². The van der Waals surface area contributed by atoms with E-state index < -0.39 is 0 Å². The highest BCUT2D eigenvalue weighted by atomic mass is 35.5. The molecule has 0 bridgehead atoms. The van der Waals surface area contributed by atoms with Gasteiger partial charge in [-0.25, -0.2) is 0 Å². The maximum atomic E-state index is 6.22. The summed E-state index contributed by atoms with van der Waals surface area (Å²) in [7, 11) is 0. The van der Waals surface area contributed by atoms with E-state index in [-0.39, 0.29) is 0 Å². The van der Waals surface area contributed by atoms with Gasteiger partial charge in [0.25, 0.3) is 0 Å². The van der Waals surface area contributed by atoms with Crippen LogP contribution in [0.15, 0.2) is 42.5 Å². The van der Waals surface area contributed by atoms with Crippen molar-refractivity contribution in [1.82, 2.24) is 0 Å². The van der Waals surface area contributed by atoms with Crippen LogP contribution in [-0.4, -0.2) is 4.99 Å². The second kappa shape index (κ2) is 4.83. The lowest BCUT2D eigenvalue weighted by atomic mass is 10.1. The zero-order valence-electron chi connectivity index (χ0n) is 10.3. The van der Waals surface area contributed by atoms with E-state index >= 15 is 0 Å². The van der Waals surface area contributed by atoms with Gasteiger partial charge >= 0.3 is 0 Å². The van der Waals surface area contributed by atoms with Crippen molar-refractivity contribution < 1.29 is 0 Å². The fourth-order valence-electron chi connectivity index (χ4n) is 2.42. The molecule has 2 aromatic rings. The van der Waals surface area contributed by atoms with Gasteiger partial charge in [-0.1, -0.05) is 48.1 Å². The third-order valence-corrected chi connectivity index (χ3v) is 3.96. The van der Waals surface area contributed by atoms with E-state index in [1.165, 1.54) is 11.1 Å². The molecule has 0 spiro atoms. The van der Waals surface area contributed by atoms with Crippen LogP contribution in [0.2, 0.25) is 5.02 Å². The Hall–Kier alpha value is -1.58. The number of hydrogen-bond acceptors (Lipinski definition) is 2. The standard InChI is InChI=1S/C15H13ClN2S/c16-14-7-12(5-6-13(14)15(17)19)18-8-10-3-1-2-4-11(10)9-18/h1-7H,8-9H2,(H2,17,19). The molecule has 2 nitrogen and oxygen atoms in total.